The van der Waals surface area contributed by atoms with Crippen LogP contribution in [0.25, 0.3) is 11.3 Å². The molecule has 0 amide bonds. The lowest BCUT2D eigenvalue weighted by atomic mass is 9.82. The lowest BCUT2D eigenvalue weighted by Crippen LogP contribution is -2.40. The van der Waals surface area contributed by atoms with Crippen LogP contribution in [-0.4, -0.2) is 66.2 Å². The molecular weight excluding hydrogens is 483 g/mol. The normalized spacial score (nSPS) is 22.4. The van der Waals surface area contributed by atoms with Crippen LogP contribution in [0.3, 0.4) is 0 Å². The first-order chi connectivity index (χ1) is 17.5. The van der Waals surface area contributed by atoms with Crippen LogP contribution in [0.5, 0.6) is 0 Å². The summed E-state index contributed by atoms with van der Waals surface area (Å²) >= 11 is 6.50. The number of aliphatic hydroxyl groups excluding tert-OH is 1. The van der Waals surface area contributed by atoms with Crippen LogP contribution >= 0.6 is 11.6 Å². The first-order valence-corrected chi connectivity index (χ1v) is 13.0. The van der Waals surface area contributed by atoms with Crippen molar-refractivity contribution in [1.82, 2.24) is 15.3 Å². The highest BCUT2D eigenvalue weighted by Gasteiger charge is 2.32. The third kappa shape index (κ3) is 7.04. The Morgan fingerprint density at radius 2 is 1.94 bits per heavy atom. The second-order valence-electron chi connectivity index (χ2n) is 9.72. The number of halogens is 2. The number of anilines is 2. The van der Waals surface area contributed by atoms with E-state index >= 15 is 0 Å². The third-order valence-electron chi connectivity index (χ3n) is 7.07. The molecule has 1 saturated carbocycles. The minimum atomic E-state index is -0.936. The molecule has 0 radical (unpaired) electrons. The standard InChI is InChI=1S/C26H34ClFN6O2/c27-22-15-31-25(33-19-6-4-18(5-7-19)30-14-20(35)13-28)12-21(22)23-2-1-3-24(34-23)32-17-26(16-29)8-10-36-11-9-26/h1-3,12,15,18-20,30,35H,4-11,13-14,17H2,(H,31,33)(H,32,34)/t18-,19-,20-/m1/s1. The summed E-state index contributed by atoms with van der Waals surface area (Å²) < 4.78 is 17.9. The summed E-state index contributed by atoms with van der Waals surface area (Å²) in [4.78, 5) is 9.21. The predicted molar refractivity (Wildman–Crippen MR) is 139 cm³/mol. The number of aromatic nitrogens is 2. The molecule has 4 rings (SSSR count). The zero-order chi connectivity index (χ0) is 25.4. The Morgan fingerprint density at radius 3 is 2.67 bits per heavy atom. The van der Waals surface area contributed by atoms with E-state index in [9.17, 15) is 14.8 Å². The van der Waals surface area contributed by atoms with Crippen LogP contribution in [0.4, 0.5) is 16.0 Å². The predicted octanol–water partition coefficient (Wildman–Crippen LogP) is 4.17. The Bertz CT molecular complexity index is 1040. The molecule has 0 bridgehead atoms. The molecule has 8 nitrogen and oxygen atoms in total. The van der Waals surface area contributed by atoms with Gasteiger partial charge in [-0.2, -0.15) is 5.26 Å². The number of nitrogens with zero attached hydrogens (tertiary/aromatic N) is 3. The van der Waals surface area contributed by atoms with Crippen molar-refractivity contribution in [1.29, 1.82) is 5.26 Å². The average Bonchev–Trinajstić information content (AvgIpc) is 2.93. The van der Waals surface area contributed by atoms with Crippen LogP contribution in [0.15, 0.2) is 30.5 Å². The molecular formula is C26H34ClFN6O2. The summed E-state index contributed by atoms with van der Waals surface area (Å²) in [6.07, 6.45) is 5.91. The number of hydrogen-bond donors (Lipinski definition) is 4. The van der Waals surface area contributed by atoms with Gasteiger partial charge in [0.15, 0.2) is 0 Å². The van der Waals surface area contributed by atoms with Gasteiger partial charge in [-0.3, -0.25) is 0 Å². The Kier molecular flexibility index (Phi) is 9.32. The van der Waals surface area contributed by atoms with Crippen molar-refractivity contribution >= 4 is 23.2 Å². The zero-order valence-corrected chi connectivity index (χ0v) is 21.1. The van der Waals surface area contributed by atoms with E-state index in [1.807, 2.05) is 24.3 Å². The minimum Gasteiger partial charge on any atom is -0.389 e. The Labute approximate surface area is 216 Å². The largest absolute Gasteiger partial charge is 0.389 e. The Morgan fingerprint density at radius 1 is 1.19 bits per heavy atom. The number of nitrogens with one attached hydrogen (secondary N) is 3. The number of alkyl halides is 1. The van der Waals surface area contributed by atoms with Gasteiger partial charge in [0.05, 0.1) is 28.3 Å². The van der Waals surface area contributed by atoms with Gasteiger partial charge in [-0.25, -0.2) is 14.4 Å². The molecule has 4 N–H and O–H groups in total. The molecule has 1 aliphatic heterocycles. The van der Waals surface area contributed by atoms with E-state index in [-0.39, 0.29) is 12.6 Å². The fraction of sp³-hybridized carbons (Fsp3) is 0.577. The summed E-state index contributed by atoms with van der Waals surface area (Å²) in [5.74, 6) is 1.43. The SMILES string of the molecule is N#CC1(CNc2cccc(-c3cc(N[C@H]4CC[C@H](NC[C@H](O)CF)CC4)ncc3Cl)n2)CCOCC1. The maximum absolute atomic E-state index is 12.5. The molecule has 2 aromatic heterocycles. The Hall–Kier alpha value is -2.51. The maximum atomic E-state index is 12.5. The van der Waals surface area contributed by atoms with Crippen molar-refractivity contribution < 1.29 is 14.2 Å². The van der Waals surface area contributed by atoms with Crippen molar-refractivity contribution in [2.75, 3.05) is 43.6 Å². The molecule has 1 aliphatic carbocycles. The van der Waals surface area contributed by atoms with E-state index in [4.69, 9.17) is 21.3 Å². The Balaban J connectivity index is 1.36. The number of aliphatic hydroxyl groups is 1. The summed E-state index contributed by atoms with van der Waals surface area (Å²) in [7, 11) is 0. The van der Waals surface area contributed by atoms with Crippen LogP contribution < -0.4 is 16.0 Å². The van der Waals surface area contributed by atoms with Crippen LogP contribution in [0.2, 0.25) is 5.02 Å². The number of hydrogen-bond acceptors (Lipinski definition) is 8. The number of nitriles is 1. The first-order valence-electron chi connectivity index (χ1n) is 12.6. The highest BCUT2D eigenvalue weighted by atomic mass is 35.5. The van der Waals surface area contributed by atoms with Gasteiger partial charge in [0.25, 0.3) is 0 Å². The maximum Gasteiger partial charge on any atom is 0.126 e. The van der Waals surface area contributed by atoms with Crippen LogP contribution in [-0.2, 0) is 4.74 Å². The highest BCUT2D eigenvalue weighted by Crippen LogP contribution is 2.32. The van der Waals surface area contributed by atoms with Crippen LogP contribution in [0.1, 0.15) is 38.5 Å². The molecule has 2 aliphatic rings. The number of rotatable bonds is 10. The molecule has 1 saturated heterocycles. The van der Waals surface area contributed by atoms with Gasteiger partial charge in [0, 0.05) is 50.1 Å². The third-order valence-corrected chi connectivity index (χ3v) is 7.38. The second-order valence-corrected chi connectivity index (χ2v) is 10.1. The van der Waals surface area contributed by atoms with Gasteiger partial charge in [0.2, 0.25) is 0 Å². The quantitative estimate of drug-likeness (QED) is 0.372. The van der Waals surface area contributed by atoms with Gasteiger partial charge in [-0.05, 0) is 56.7 Å². The summed E-state index contributed by atoms with van der Waals surface area (Å²) in [5.41, 5.74) is 1.07. The molecule has 0 unspecified atom stereocenters. The molecule has 2 fully saturated rings. The van der Waals surface area contributed by atoms with Crippen molar-refractivity contribution in [2.45, 2.75) is 56.7 Å². The van der Waals surface area contributed by atoms with Crippen molar-refractivity contribution in [2.24, 2.45) is 5.41 Å². The molecule has 0 aromatic carbocycles. The molecule has 36 heavy (non-hydrogen) atoms. The van der Waals surface area contributed by atoms with E-state index in [2.05, 4.69) is 27.0 Å². The average molecular weight is 517 g/mol. The van der Waals surface area contributed by atoms with Gasteiger partial charge in [-0.15, -0.1) is 0 Å². The van der Waals surface area contributed by atoms with E-state index < -0.39 is 18.2 Å². The van der Waals surface area contributed by atoms with E-state index in [1.165, 1.54) is 0 Å². The number of ether oxygens (including phenoxy) is 1. The van der Waals surface area contributed by atoms with Crippen molar-refractivity contribution in [3.05, 3.63) is 35.5 Å². The van der Waals surface area contributed by atoms with Gasteiger partial charge < -0.3 is 25.8 Å². The van der Waals surface area contributed by atoms with Crippen molar-refractivity contribution in [3.63, 3.8) is 0 Å². The molecule has 2 aromatic rings. The second kappa shape index (κ2) is 12.6. The van der Waals surface area contributed by atoms with Gasteiger partial charge in [-0.1, -0.05) is 17.7 Å². The van der Waals surface area contributed by atoms with Crippen molar-refractivity contribution in [3.8, 4) is 17.3 Å². The first kappa shape index (κ1) is 26.6. The smallest absolute Gasteiger partial charge is 0.126 e. The summed E-state index contributed by atoms with van der Waals surface area (Å²) in [6, 6.07) is 10.7. The van der Waals surface area contributed by atoms with E-state index in [1.54, 1.807) is 6.20 Å². The zero-order valence-electron chi connectivity index (χ0n) is 20.4. The lowest BCUT2D eigenvalue weighted by Gasteiger charge is -2.31. The fourth-order valence-corrected chi connectivity index (χ4v) is 4.96. The minimum absolute atomic E-state index is 0.276. The fourth-order valence-electron chi connectivity index (χ4n) is 4.76. The summed E-state index contributed by atoms with van der Waals surface area (Å²) in [6.45, 7) is 1.29. The summed E-state index contributed by atoms with van der Waals surface area (Å²) in [5, 5.41) is 29.7. The molecule has 0 spiro atoms. The number of pyridine rings is 2. The molecule has 194 valence electrons. The lowest BCUT2D eigenvalue weighted by molar-refractivity contribution is 0.0455. The van der Waals surface area contributed by atoms with Gasteiger partial charge in [0.1, 0.15) is 18.3 Å². The topological polar surface area (TPSA) is 115 Å². The van der Waals surface area contributed by atoms with Crippen LogP contribution in [0, 0.1) is 16.7 Å². The van der Waals surface area contributed by atoms with Gasteiger partial charge >= 0.3 is 0 Å². The molecule has 1 atom stereocenters. The van der Waals surface area contributed by atoms with E-state index in [0.29, 0.717) is 49.5 Å². The molecule has 3 heterocycles. The monoisotopic (exact) mass is 516 g/mol. The van der Waals surface area contributed by atoms with E-state index in [0.717, 1.165) is 42.8 Å². The highest BCUT2D eigenvalue weighted by molar-refractivity contribution is 6.33. The molecule has 10 heteroatoms.